The largest absolute Gasteiger partial charge is 0.385 e. The minimum absolute atomic E-state index is 0.176. The third-order valence-electron chi connectivity index (χ3n) is 2.62. The minimum Gasteiger partial charge on any atom is -0.385 e. The molecule has 2 rings (SSSR count). The van der Waals surface area contributed by atoms with Crippen molar-refractivity contribution in [2.24, 2.45) is 5.14 Å². The molecule has 0 radical (unpaired) electrons. The van der Waals surface area contributed by atoms with Crippen LogP contribution in [-0.4, -0.2) is 44.4 Å². The molecule has 0 spiro atoms. The van der Waals surface area contributed by atoms with Gasteiger partial charge in [0.25, 0.3) is 0 Å². The lowest BCUT2D eigenvalue weighted by Gasteiger charge is -2.16. The van der Waals surface area contributed by atoms with Crippen LogP contribution < -0.4 is 5.14 Å². The molecule has 2 aromatic heterocycles. The van der Waals surface area contributed by atoms with Crippen molar-refractivity contribution in [3.63, 3.8) is 0 Å². The highest BCUT2D eigenvalue weighted by Gasteiger charge is 2.27. The highest BCUT2D eigenvalue weighted by atomic mass is 32.2. The van der Waals surface area contributed by atoms with Crippen molar-refractivity contribution in [2.75, 3.05) is 0 Å². The zero-order valence-corrected chi connectivity index (χ0v) is 10.7. The molecule has 0 bridgehead atoms. The fraction of sp³-hybridized carbons (Fsp3) is 0.333. The SMILES string of the molecule is CC(C(O)c1cccc(-c2nnn[nH]2)n1)S(N)(=O)=O. The van der Waals surface area contributed by atoms with Gasteiger partial charge in [-0.15, -0.1) is 5.10 Å². The first kappa shape index (κ1) is 13.5. The van der Waals surface area contributed by atoms with Crippen molar-refractivity contribution < 1.29 is 13.5 Å². The number of tetrazole rings is 1. The average Bonchev–Trinajstić information content (AvgIpc) is 2.90. The van der Waals surface area contributed by atoms with E-state index in [0.29, 0.717) is 11.5 Å². The van der Waals surface area contributed by atoms with Crippen LogP contribution in [0.1, 0.15) is 18.7 Å². The standard InChI is InChI=1S/C9H12N6O3S/c1-5(19(10,17)18)8(16)6-3-2-4-7(11-6)9-12-14-15-13-9/h2-5,8,16H,1H3,(H2,10,17,18)(H,12,13,14,15). The molecule has 9 nitrogen and oxygen atoms in total. The first-order valence-corrected chi connectivity index (χ1v) is 6.91. The molecule has 2 heterocycles. The zero-order valence-electron chi connectivity index (χ0n) is 9.92. The van der Waals surface area contributed by atoms with Crippen LogP contribution in [0.5, 0.6) is 0 Å². The van der Waals surface area contributed by atoms with Crippen LogP contribution in [-0.2, 0) is 10.0 Å². The number of hydrogen-bond acceptors (Lipinski definition) is 7. The number of aromatic amines is 1. The lowest BCUT2D eigenvalue weighted by atomic mass is 10.1. The molecule has 0 fully saturated rings. The molecule has 0 aliphatic heterocycles. The summed E-state index contributed by atoms with van der Waals surface area (Å²) < 4.78 is 22.4. The molecule has 19 heavy (non-hydrogen) atoms. The molecule has 0 amide bonds. The summed E-state index contributed by atoms with van der Waals surface area (Å²) >= 11 is 0. The molecule has 0 saturated carbocycles. The Kier molecular flexibility index (Phi) is 3.55. The number of H-pyrrole nitrogens is 1. The van der Waals surface area contributed by atoms with E-state index in [1.807, 2.05) is 0 Å². The number of sulfonamides is 1. The molecule has 102 valence electrons. The highest BCUT2D eigenvalue weighted by molar-refractivity contribution is 7.89. The number of pyridine rings is 1. The number of nitrogens with zero attached hydrogens (tertiary/aromatic N) is 4. The van der Waals surface area contributed by atoms with Crippen LogP contribution in [0.25, 0.3) is 11.5 Å². The second kappa shape index (κ2) is 4.99. The molecule has 0 saturated heterocycles. The summed E-state index contributed by atoms with van der Waals surface area (Å²) in [6.45, 7) is 1.31. The molecule has 0 aliphatic carbocycles. The number of hydrogen-bond donors (Lipinski definition) is 3. The normalized spacial score (nSPS) is 15.1. The molecule has 2 unspecified atom stereocenters. The van der Waals surface area contributed by atoms with E-state index >= 15 is 0 Å². The van der Waals surface area contributed by atoms with Crippen molar-refractivity contribution in [3.05, 3.63) is 23.9 Å². The zero-order chi connectivity index (χ0) is 14.0. The minimum atomic E-state index is -3.85. The van der Waals surface area contributed by atoms with Gasteiger partial charge < -0.3 is 5.11 Å². The van der Waals surface area contributed by atoms with Crippen LogP contribution in [0.15, 0.2) is 18.2 Å². The lowest BCUT2D eigenvalue weighted by molar-refractivity contribution is 0.171. The van der Waals surface area contributed by atoms with E-state index in [2.05, 4.69) is 25.6 Å². The average molecular weight is 284 g/mol. The van der Waals surface area contributed by atoms with Crippen molar-refractivity contribution in [1.82, 2.24) is 25.6 Å². The quantitative estimate of drug-likeness (QED) is 0.650. The fourth-order valence-corrected chi connectivity index (χ4v) is 1.93. The third-order valence-corrected chi connectivity index (χ3v) is 3.92. The highest BCUT2D eigenvalue weighted by Crippen LogP contribution is 2.21. The summed E-state index contributed by atoms with van der Waals surface area (Å²) in [4.78, 5) is 4.11. The summed E-state index contributed by atoms with van der Waals surface area (Å²) in [6.07, 6.45) is -1.33. The van der Waals surface area contributed by atoms with Crippen molar-refractivity contribution in [1.29, 1.82) is 0 Å². The number of nitrogens with one attached hydrogen (secondary N) is 1. The number of aliphatic hydroxyl groups is 1. The summed E-state index contributed by atoms with van der Waals surface area (Å²) in [5.41, 5.74) is 0.568. The van der Waals surface area contributed by atoms with Gasteiger partial charge in [0, 0.05) is 0 Å². The van der Waals surface area contributed by atoms with Gasteiger partial charge in [0.1, 0.15) is 17.0 Å². The predicted octanol–water partition coefficient (Wildman–Crippen LogP) is -1.03. The second-order valence-electron chi connectivity index (χ2n) is 3.94. The second-order valence-corrected chi connectivity index (χ2v) is 5.86. The van der Waals surface area contributed by atoms with Crippen LogP contribution >= 0.6 is 0 Å². The van der Waals surface area contributed by atoms with Gasteiger partial charge in [-0.2, -0.15) is 0 Å². The lowest BCUT2D eigenvalue weighted by Crippen LogP contribution is -2.31. The summed E-state index contributed by atoms with van der Waals surface area (Å²) in [5, 5.41) is 26.8. The first-order valence-electron chi connectivity index (χ1n) is 5.30. The maximum Gasteiger partial charge on any atom is 0.214 e. The van der Waals surface area contributed by atoms with Crippen molar-refractivity contribution in [3.8, 4) is 11.5 Å². The molecule has 2 atom stereocenters. The Morgan fingerprint density at radius 3 is 2.74 bits per heavy atom. The van der Waals surface area contributed by atoms with Crippen LogP contribution in [0, 0.1) is 0 Å². The van der Waals surface area contributed by atoms with Crippen LogP contribution in [0.2, 0.25) is 0 Å². The summed E-state index contributed by atoms with van der Waals surface area (Å²) in [6, 6.07) is 4.74. The van der Waals surface area contributed by atoms with E-state index in [0.717, 1.165) is 0 Å². The predicted molar refractivity (Wildman–Crippen MR) is 64.9 cm³/mol. The van der Waals surface area contributed by atoms with E-state index in [4.69, 9.17) is 5.14 Å². The monoisotopic (exact) mass is 284 g/mol. The van der Waals surface area contributed by atoms with Gasteiger partial charge in [-0.3, -0.25) is 0 Å². The van der Waals surface area contributed by atoms with Crippen LogP contribution in [0.4, 0.5) is 0 Å². The molecule has 2 aromatic rings. The molecule has 4 N–H and O–H groups in total. The maximum absolute atomic E-state index is 11.2. The maximum atomic E-state index is 11.2. The Balaban J connectivity index is 2.34. The summed E-state index contributed by atoms with van der Waals surface area (Å²) in [7, 11) is -3.85. The number of aliphatic hydroxyl groups excluding tert-OH is 1. The molecule has 0 aliphatic rings. The van der Waals surface area contributed by atoms with E-state index in [-0.39, 0.29) is 5.69 Å². The number of aromatic nitrogens is 5. The van der Waals surface area contributed by atoms with Gasteiger partial charge in [-0.1, -0.05) is 6.07 Å². The topological polar surface area (TPSA) is 148 Å². The fourth-order valence-electron chi connectivity index (χ4n) is 1.44. The van der Waals surface area contributed by atoms with E-state index in [1.54, 1.807) is 12.1 Å². The van der Waals surface area contributed by atoms with Gasteiger partial charge in [-0.05, 0) is 29.5 Å². The first-order chi connectivity index (χ1) is 8.89. The van der Waals surface area contributed by atoms with Gasteiger partial charge in [0.05, 0.1) is 5.69 Å². The Morgan fingerprint density at radius 1 is 1.42 bits per heavy atom. The van der Waals surface area contributed by atoms with Crippen LogP contribution in [0.3, 0.4) is 0 Å². The molecule has 0 aromatic carbocycles. The van der Waals surface area contributed by atoms with Gasteiger partial charge in [-0.25, -0.2) is 23.6 Å². The third kappa shape index (κ3) is 2.92. The van der Waals surface area contributed by atoms with Crippen molar-refractivity contribution >= 4 is 10.0 Å². The molecule has 10 heteroatoms. The Labute approximate surface area is 108 Å². The number of rotatable bonds is 4. The smallest absolute Gasteiger partial charge is 0.214 e. The Bertz CT molecular complexity index is 656. The molecular formula is C9H12N6O3S. The van der Waals surface area contributed by atoms with Gasteiger partial charge in [0.2, 0.25) is 10.0 Å². The van der Waals surface area contributed by atoms with Crippen molar-refractivity contribution in [2.45, 2.75) is 18.3 Å². The molecular weight excluding hydrogens is 272 g/mol. The van der Waals surface area contributed by atoms with E-state index in [1.165, 1.54) is 13.0 Å². The number of nitrogens with two attached hydrogens (primary N) is 1. The van der Waals surface area contributed by atoms with E-state index < -0.39 is 21.4 Å². The van der Waals surface area contributed by atoms with Gasteiger partial charge >= 0.3 is 0 Å². The Morgan fingerprint density at radius 2 is 2.16 bits per heavy atom. The number of primary sulfonamides is 1. The summed E-state index contributed by atoms with van der Waals surface area (Å²) in [5.74, 6) is 0.317. The Hall–Kier alpha value is -1.91. The van der Waals surface area contributed by atoms with E-state index in [9.17, 15) is 13.5 Å². The van der Waals surface area contributed by atoms with Gasteiger partial charge in [0.15, 0.2) is 5.82 Å².